The van der Waals surface area contributed by atoms with Gasteiger partial charge in [0.05, 0.1) is 22.4 Å². The lowest BCUT2D eigenvalue weighted by Gasteiger charge is -2.28. The lowest BCUT2D eigenvalue weighted by molar-refractivity contribution is 0.0573. The standard InChI is InChI=1S/C11H18BrN3O/c1-2-15-11(9(12)7-14-15)10(13)8-3-5-16-6-4-8/h7-8,10H,2-6,13H2,1H3. The number of ether oxygens (including phenoxy) is 1. The zero-order valence-corrected chi connectivity index (χ0v) is 11.1. The molecule has 1 atom stereocenters. The second-order valence-corrected chi connectivity index (χ2v) is 5.02. The highest BCUT2D eigenvalue weighted by molar-refractivity contribution is 9.10. The van der Waals surface area contributed by atoms with Crippen molar-refractivity contribution >= 4 is 15.9 Å². The van der Waals surface area contributed by atoms with E-state index < -0.39 is 0 Å². The summed E-state index contributed by atoms with van der Waals surface area (Å²) in [5.74, 6) is 0.507. The van der Waals surface area contributed by atoms with Crippen molar-refractivity contribution in [1.82, 2.24) is 9.78 Å². The van der Waals surface area contributed by atoms with Crippen LogP contribution < -0.4 is 5.73 Å². The van der Waals surface area contributed by atoms with E-state index in [1.54, 1.807) is 0 Å². The van der Waals surface area contributed by atoms with E-state index in [2.05, 4.69) is 28.0 Å². The molecule has 1 aliphatic heterocycles. The summed E-state index contributed by atoms with van der Waals surface area (Å²) >= 11 is 3.53. The van der Waals surface area contributed by atoms with Gasteiger partial charge < -0.3 is 10.5 Å². The summed E-state index contributed by atoms with van der Waals surface area (Å²) in [6, 6.07) is 0.0562. The molecule has 2 rings (SSSR count). The van der Waals surface area contributed by atoms with Crippen LogP contribution in [0, 0.1) is 5.92 Å². The van der Waals surface area contributed by atoms with Crippen molar-refractivity contribution in [3.05, 3.63) is 16.4 Å². The van der Waals surface area contributed by atoms with Gasteiger partial charge in [-0.15, -0.1) is 0 Å². The molecule has 0 bridgehead atoms. The topological polar surface area (TPSA) is 53.1 Å². The van der Waals surface area contributed by atoms with Crippen LogP contribution in [0.1, 0.15) is 31.5 Å². The van der Waals surface area contributed by atoms with Gasteiger partial charge in [0.2, 0.25) is 0 Å². The smallest absolute Gasteiger partial charge is 0.0696 e. The van der Waals surface area contributed by atoms with E-state index in [0.717, 1.165) is 42.8 Å². The van der Waals surface area contributed by atoms with Crippen molar-refractivity contribution in [2.75, 3.05) is 13.2 Å². The molecule has 1 aromatic heterocycles. The summed E-state index contributed by atoms with van der Waals surface area (Å²) in [6.07, 6.45) is 3.92. The molecule has 5 heteroatoms. The van der Waals surface area contributed by atoms with Gasteiger partial charge in [-0.25, -0.2) is 0 Å². The number of nitrogens with two attached hydrogens (primary N) is 1. The first-order chi connectivity index (χ1) is 7.74. The van der Waals surface area contributed by atoms with Gasteiger partial charge in [-0.3, -0.25) is 4.68 Å². The second kappa shape index (κ2) is 5.29. The van der Waals surface area contributed by atoms with Crippen LogP contribution in [0.5, 0.6) is 0 Å². The Morgan fingerprint density at radius 3 is 2.94 bits per heavy atom. The maximum atomic E-state index is 6.35. The normalized spacial score (nSPS) is 19.9. The average Bonchev–Trinajstić information content (AvgIpc) is 2.70. The Labute approximate surface area is 104 Å². The zero-order valence-electron chi connectivity index (χ0n) is 9.53. The molecule has 0 aromatic carbocycles. The Hall–Kier alpha value is -0.390. The minimum absolute atomic E-state index is 0.0562. The molecule has 0 spiro atoms. The Bertz CT molecular complexity index is 347. The van der Waals surface area contributed by atoms with Gasteiger partial charge >= 0.3 is 0 Å². The van der Waals surface area contributed by atoms with Crippen molar-refractivity contribution in [1.29, 1.82) is 0 Å². The summed E-state index contributed by atoms with van der Waals surface area (Å²) in [5.41, 5.74) is 7.46. The van der Waals surface area contributed by atoms with Crippen LogP contribution in [0.15, 0.2) is 10.7 Å². The molecule has 0 saturated carbocycles. The molecule has 1 aromatic rings. The van der Waals surface area contributed by atoms with E-state index >= 15 is 0 Å². The van der Waals surface area contributed by atoms with Gasteiger partial charge in [-0.2, -0.15) is 5.10 Å². The van der Waals surface area contributed by atoms with E-state index in [4.69, 9.17) is 10.5 Å². The largest absolute Gasteiger partial charge is 0.381 e. The van der Waals surface area contributed by atoms with Crippen LogP contribution >= 0.6 is 15.9 Å². The fourth-order valence-corrected chi connectivity index (χ4v) is 2.81. The van der Waals surface area contributed by atoms with Gasteiger partial charge in [0.15, 0.2) is 0 Å². The Morgan fingerprint density at radius 1 is 1.62 bits per heavy atom. The summed E-state index contributed by atoms with van der Waals surface area (Å²) in [5, 5.41) is 4.31. The Kier molecular flexibility index (Phi) is 4.00. The predicted octanol–water partition coefficient (Wildman–Crippen LogP) is 2.09. The third-order valence-electron chi connectivity index (χ3n) is 3.22. The van der Waals surface area contributed by atoms with Crippen molar-refractivity contribution < 1.29 is 4.74 Å². The van der Waals surface area contributed by atoms with Crippen LogP contribution in [0.2, 0.25) is 0 Å². The molecular weight excluding hydrogens is 270 g/mol. The minimum atomic E-state index is 0.0562. The maximum Gasteiger partial charge on any atom is 0.0696 e. The molecule has 16 heavy (non-hydrogen) atoms. The number of hydrogen-bond donors (Lipinski definition) is 1. The Balaban J connectivity index is 2.18. The van der Waals surface area contributed by atoms with Gasteiger partial charge in [-0.05, 0) is 41.6 Å². The first kappa shape index (κ1) is 12.1. The van der Waals surface area contributed by atoms with Crippen LogP contribution in [-0.2, 0) is 11.3 Å². The maximum absolute atomic E-state index is 6.35. The molecule has 1 saturated heterocycles. The molecule has 0 amide bonds. The van der Waals surface area contributed by atoms with E-state index in [0.29, 0.717) is 5.92 Å². The summed E-state index contributed by atoms with van der Waals surface area (Å²) in [7, 11) is 0. The zero-order chi connectivity index (χ0) is 11.5. The molecule has 2 heterocycles. The fourth-order valence-electron chi connectivity index (χ4n) is 2.25. The number of aryl methyl sites for hydroxylation is 1. The number of aromatic nitrogens is 2. The summed E-state index contributed by atoms with van der Waals surface area (Å²) in [6.45, 7) is 4.60. The van der Waals surface area contributed by atoms with Gasteiger partial charge in [0.25, 0.3) is 0 Å². The fraction of sp³-hybridized carbons (Fsp3) is 0.727. The number of rotatable bonds is 3. The van der Waals surface area contributed by atoms with Crippen molar-refractivity contribution in [2.45, 2.75) is 32.4 Å². The van der Waals surface area contributed by atoms with Crippen molar-refractivity contribution in [3.8, 4) is 0 Å². The second-order valence-electron chi connectivity index (χ2n) is 4.17. The molecule has 1 fully saturated rings. The van der Waals surface area contributed by atoms with E-state index in [-0.39, 0.29) is 6.04 Å². The van der Waals surface area contributed by atoms with Crippen LogP contribution in [-0.4, -0.2) is 23.0 Å². The quantitative estimate of drug-likeness (QED) is 0.926. The van der Waals surface area contributed by atoms with Crippen LogP contribution in [0.25, 0.3) is 0 Å². The average molecular weight is 288 g/mol. The monoisotopic (exact) mass is 287 g/mol. The number of nitrogens with zero attached hydrogens (tertiary/aromatic N) is 2. The van der Waals surface area contributed by atoms with Crippen molar-refractivity contribution in [2.24, 2.45) is 11.7 Å². The first-order valence-electron chi connectivity index (χ1n) is 5.78. The molecule has 1 unspecified atom stereocenters. The molecule has 90 valence electrons. The van der Waals surface area contributed by atoms with E-state index in [1.807, 2.05) is 10.9 Å². The van der Waals surface area contributed by atoms with E-state index in [9.17, 15) is 0 Å². The minimum Gasteiger partial charge on any atom is -0.381 e. The first-order valence-corrected chi connectivity index (χ1v) is 6.57. The number of halogens is 1. The third-order valence-corrected chi connectivity index (χ3v) is 3.83. The SMILES string of the molecule is CCn1ncc(Br)c1C(N)C1CCOCC1. The van der Waals surface area contributed by atoms with Crippen molar-refractivity contribution in [3.63, 3.8) is 0 Å². The Morgan fingerprint density at radius 2 is 2.31 bits per heavy atom. The van der Waals surface area contributed by atoms with Gasteiger partial charge in [0.1, 0.15) is 0 Å². The highest BCUT2D eigenvalue weighted by Crippen LogP contribution is 2.32. The van der Waals surface area contributed by atoms with Gasteiger partial charge in [-0.1, -0.05) is 0 Å². The van der Waals surface area contributed by atoms with Crippen LogP contribution in [0.3, 0.4) is 0 Å². The highest BCUT2D eigenvalue weighted by atomic mass is 79.9. The molecule has 0 aliphatic carbocycles. The predicted molar refractivity (Wildman–Crippen MR) is 66.1 cm³/mol. The third kappa shape index (κ3) is 2.31. The lowest BCUT2D eigenvalue weighted by atomic mass is 9.90. The molecular formula is C11H18BrN3O. The highest BCUT2D eigenvalue weighted by Gasteiger charge is 2.26. The lowest BCUT2D eigenvalue weighted by Crippen LogP contribution is -2.29. The van der Waals surface area contributed by atoms with Gasteiger partial charge in [0, 0.05) is 19.8 Å². The molecule has 1 aliphatic rings. The number of hydrogen-bond acceptors (Lipinski definition) is 3. The van der Waals surface area contributed by atoms with Crippen LogP contribution in [0.4, 0.5) is 0 Å². The van der Waals surface area contributed by atoms with E-state index in [1.165, 1.54) is 0 Å². The molecule has 4 nitrogen and oxygen atoms in total. The molecule has 0 radical (unpaired) electrons. The summed E-state index contributed by atoms with van der Waals surface area (Å²) in [4.78, 5) is 0. The molecule has 2 N–H and O–H groups in total. The summed E-state index contributed by atoms with van der Waals surface area (Å²) < 4.78 is 8.36.